The highest BCUT2D eigenvalue weighted by Gasteiger charge is 2.24. The molecule has 1 aromatic heterocycles. The van der Waals surface area contributed by atoms with E-state index in [1.165, 1.54) is 18.2 Å². The third-order valence-electron chi connectivity index (χ3n) is 6.59. The second-order valence-electron chi connectivity index (χ2n) is 9.56. The molecule has 1 aliphatic rings. The zero-order valence-electron chi connectivity index (χ0n) is 20.8. The van der Waals surface area contributed by atoms with Crippen molar-refractivity contribution >= 4 is 28.4 Å². The van der Waals surface area contributed by atoms with Crippen LogP contribution in [0.4, 0.5) is 16.0 Å². The van der Waals surface area contributed by atoms with E-state index in [4.69, 9.17) is 4.42 Å². The molecule has 6 nitrogen and oxygen atoms in total. The zero-order valence-corrected chi connectivity index (χ0v) is 20.8. The van der Waals surface area contributed by atoms with Crippen LogP contribution in [0, 0.1) is 12.7 Å². The Kier molecular flexibility index (Phi) is 6.00. The summed E-state index contributed by atoms with van der Waals surface area (Å²) in [6.07, 6.45) is 0. The number of hydrogen-bond acceptors (Lipinski definition) is 5. The average molecular weight is 486 g/mol. The topological polar surface area (TPSA) is 65.8 Å². The Labute approximate surface area is 209 Å². The molecule has 0 aliphatic carbocycles. The average Bonchev–Trinajstić information content (AvgIpc) is 3.27. The van der Waals surface area contributed by atoms with E-state index >= 15 is 0 Å². The number of aryl methyl sites for hydroxylation is 1. The molecule has 184 valence electrons. The number of anilines is 2. The van der Waals surface area contributed by atoms with Gasteiger partial charge in [0.15, 0.2) is 5.43 Å². The normalized spacial score (nSPS) is 13.5. The summed E-state index contributed by atoms with van der Waals surface area (Å²) < 4.78 is 20.1. The van der Waals surface area contributed by atoms with Crippen LogP contribution >= 0.6 is 0 Å². The highest BCUT2D eigenvalue weighted by Crippen LogP contribution is 2.33. The van der Waals surface area contributed by atoms with Crippen LogP contribution in [-0.2, 0) is 13.1 Å². The van der Waals surface area contributed by atoms with E-state index in [0.29, 0.717) is 41.2 Å². The molecule has 0 saturated heterocycles. The minimum atomic E-state index is -0.277. The summed E-state index contributed by atoms with van der Waals surface area (Å²) in [7, 11) is 3.44. The second-order valence-corrected chi connectivity index (χ2v) is 9.56. The fourth-order valence-corrected chi connectivity index (χ4v) is 4.77. The number of nitrogens with one attached hydrogen (secondary N) is 1. The smallest absolute Gasteiger partial charge is 0.255 e. The molecule has 0 radical (unpaired) electrons. The third kappa shape index (κ3) is 4.33. The van der Waals surface area contributed by atoms with Crippen molar-refractivity contribution in [3.8, 4) is 0 Å². The van der Waals surface area contributed by atoms with Gasteiger partial charge in [-0.3, -0.25) is 9.59 Å². The fraction of sp³-hybridized carbons (Fsp3) is 0.241. The van der Waals surface area contributed by atoms with Gasteiger partial charge in [-0.2, -0.15) is 0 Å². The van der Waals surface area contributed by atoms with Crippen LogP contribution in [0.5, 0.6) is 0 Å². The van der Waals surface area contributed by atoms with Gasteiger partial charge in [-0.05, 0) is 60.9 Å². The number of para-hydroxylation sites is 1. The van der Waals surface area contributed by atoms with Gasteiger partial charge in [0.05, 0.1) is 17.0 Å². The first kappa shape index (κ1) is 23.6. The van der Waals surface area contributed by atoms with Crippen molar-refractivity contribution in [2.75, 3.05) is 24.3 Å². The van der Waals surface area contributed by atoms with Gasteiger partial charge in [-0.1, -0.05) is 24.3 Å². The Morgan fingerprint density at radius 1 is 1.06 bits per heavy atom. The molecule has 0 spiro atoms. The Balaban J connectivity index is 1.54. The van der Waals surface area contributed by atoms with Gasteiger partial charge in [-0.15, -0.1) is 0 Å². The van der Waals surface area contributed by atoms with Crippen LogP contribution in [0.2, 0.25) is 0 Å². The molecule has 1 aliphatic heterocycles. The number of carbonyl (C=O) groups is 1. The second kappa shape index (κ2) is 9.15. The van der Waals surface area contributed by atoms with Gasteiger partial charge >= 0.3 is 0 Å². The first-order valence-electron chi connectivity index (χ1n) is 11.9. The van der Waals surface area contributed by atoms with Crippen LogP contribution in [0.3, 0.4) is 0 Å². The summed E-state index contributed by atoms with van der Waals surface area (Å²) in [4.78, 5) is 29.3. The third-order valence-corrected chi connectivity index (χ3v) is 6.59. The Hall–Kier alpha value is -4.13. The predicted octanol–water partition coefficient (Wildman–Crippen LogP) is 5.64. The van der Waals surface area contributed by atoms with Crippen LogP contribution < -0.4 is 15.6 Å². The number of benzene rings is 3. The van der Waals surface area contributed by atoms with E-state index in [1.54, 1.807) is 31.1 Å². The summed E-state index contributed by atoms with van der Waals surface area (Å²) in [5.41, 5.74) is 5.30. The highest BCUT2D eigenvalue weighted by atomic mass is 19.1. The molecule has 4 aromatic rings. The van der Waals surface area contributed by atoms with Crippen molar-refractivity contribution in [1.82, 2.24) is 4.90 Å². The molecule has 36 heavy (non-hydrogen) atoms. The van der Waals surface area contributed by atoms with E-state index < -0.39 is 0 Å². The van der Waals surface area contributed by atoms with E-state index in [-0.39, 0.29) is 23.2 Å². The number of fused-ring (bicyclic) bond motifs is 2. The molecular weight excluding hydrogens is 457 g/mol. The summed E-state index contributed by atoms with van der Waals surface area (Å²) in [6, 6.07) is 17.2. The number of halogens is 1. The number of nitrogens with zero attached hydrogens (tertiary/aromatic N) is 2. The van der Waals surface area contributed by atoms with Gasteiger partial charge in [0.25, 0.3) is 5.91 Å². The minimum absolute atomic E-state index is 0.0988. The van der Waals surface area contributed by atoms with Crippen molar-refractivity contribution < 1.29 is 13.6 Å². The van der Waals surface area contributed by atoms with Crippen molar-refractivity contribution in [2.45, 2.75) is 33.0 Å². The lowest BCUT2D eigenvalue weighted by atomic mass is 10.0. The zero-order chi connectivity index (χ0) is 25.6. The maximum atomic E-state index is 13.7. The standard InChI is InChI=1S/C29H28FN3O3/c1-17-11-23(18(2)31-25-8-6-5-7-22(25)29(35)32(3)4)28-24(12-17)26(34)14-27(36-28)33-15-19-9-10-21(30)13-20(19)16-33/h5-14,18,31H,15-16H2,1-4H3. The van der Waals surface area contributed by atoms with Crippen LogP contribution in [-0.4, -0.2) is 24.9 Å². The molecular formula is C29H28FN3O3. The number of rotatable bonds is 5. The maximum absolute atomic E-state index is 13.7. The molecule has 1 atom stereocenters. The van der Waals surface area contributed by atoms with Gasteiger partial charge in [0.2, 0.25) is 5.88 Å². The summed E-state index contributed by atoms with van der Waals surface area (Å²) >= 11 is 0. The first-order valence-corrected chi connectivity index (χ1v) is 11.9. The largest absolute Gasteiger partial charge is 0.440 e. The first-order chi connectivity index (χ1) is 17.2. The van der Waals surface area contributed by atoms with E-state index in [2.05, 4.69) is 5.32 Å². The fourth-order valence-electron chi connectivity index (χ4n) is 4.77. The van der Waals surface area contributed by atoms with E-state index in [9.17, 15) is 14.0 Å². The quantitative estimate of drug-likeness (QED) is 0.397. The van der Waals surface area contributed by atoms with Crippen molar-refractivity contribution in [3.63, 3.8) is 0 Å². The Bertz CT molecular complexity index is 1540. The Morgan fingerprint density at radius 2 is 1.81 bits per heavy atom. The predicted molar refractivity (Wildman–Crippen MR) is 140 cm³/mol. The SMILES string of the molecule is Cc1cc(C(C)Nc2ccccc2C(=O)N(C)C)c2oc(N3Cc4ccc(F)cc4C3)cc(=O)c2c1. The number of amides is 1. The molecule has 1 unspecified atom stereocenters. The molecule has 2 heterocycles. The lowest BCUT2D eigenvalue weighted by Gasteiger charge is -2.22. The molecule has 7 heteroatoms. The molecule has 3 aromatic carbocycles. The monoisotopic (exact) mass is 485 g/mol. The number of hydrogen-bond donors (Lipinski definition) is 1. The molecule has 1 N–H and O–H groups in total. The molecule has 0 fully saturated rings. The summed E-state index contributed by atoms with van der Waals surface area (Å²) in [5, 5.41) is 3.95. The van der Waals surface area contributed by atoms with Crippen LogP contribution in [0.1, 0.15) is 45.6 Å². The van der Waals surface area contributed by atoms with Crippen molar-refractivity contribution in [2.24, 2.45) is 0 Å². The molecule has 0 saturated carbocycles. The van der Waals surface area contributed by atoms with Gasteiger partial charge in [0.1, 0.15) is 11.4 Å². The molecule has 5 rings (SSSR count). The van der Waals surface area contributed by atoms with Crippen LogP contribution in [0.15, 0.2) is 69.9 Å². The lowest BCUT2D eigenvalue weighted by molar-refractivity contribution is 0.0828. The van der Waals surface area contributed by atoms with E-state index in [1.807, 2.05) is 49.1 Å². The summed E-state index contributed by atoms with van der Waals surface area (Å²) in [6.45, 7) is 4.93. The van der Waals surface area contributed by atoms with Gasteiger partial charge in [-0.25, -0.2) is 4.39 Å². The minimum Gasteiger partial charge on any atom is -0.440 e. The van der Waals surface area contributed by atoms with Gasteiger partial charge in [0, 0.05) is 44.5 Å². The Morgan fingerprint density at radius 3 is 2.58 bits per heavy atom. The lowest BCUT2D eigenvalue weighted by Crippen LogP contribution is -2.23. The van der Waals surface area contributed by atoms with Crippen molar-refractivity contribution in [3.05, 3.63) is 105 Å². The van der Waals surface area contributed by atoms with E-state index in [0.717, 1.165) is 22.3 Å². The summed E-state index contributed by atoms with van der Waals surface area (Å²) in [5.74, 6) is 0.0732. The highest BCUT2D eigenvalue weighted by molar-refractivity contribution is 5.99. The number of carbonyl (C=O) groups excluding carboxylic acids is 1. The molecule has 1 amide bonds. The molecule has 0 bridgehead atoms. The van der Waals surface area contributed by atoms with Crippen LogP contribution in [0.25, 0.3) is 11.0 Å². The van der Waals surface area contributed by atoms with Gasteiger partial charge < -0.3 is 19.5 Å². The maximum Gasteiger partial charge on any atom is 0.255 e. The van der Waals surface area contributed by atoms with Crippen molar-refractivity contribution in [1.29, 1.82) is 0 Å².